The molecule has 0 aliphatic heterocycles. The highest BCUT2D eigenvalue weighted by Gasteiger charge is 2.29. The fraction of sp³-hybridized carbons (Fsp3) is 0. The third kappa shape index (κ3) is 8.92. The minimum Gasteiger partial charge on any atom is -0.307 e. The first-order chi connectivity index (χ1) is 49.7. The van der Waals surface area contributed by atoms with E-state index in [4.69, 9.17) is 24.9 Å². The van der Waals surface area contributed by atoms with Gasteiger partial charge < -0.3 is 18.3 Å². The molecule has 0 saturated carbocycles. The molecule has 0 bridgehead atoms. The summed E-state index contributed by atoms with van der Waals surface area (Å²) >= 11 is 0. The second kappa shape index (κ2) is 23.0. The van der Waals surface area contributed by atoms with Gasteiger partial charge in [0.2, 0.25) is 0 Å². The van der Waals surface area contributed by atoms with Crippen LogP contribution in [0.5, 0.6) is 0 Å². The lowest BCUT2D eigenvalue weighted by molar-refractivity contribution is 1.05. The molecule has 20 rings (SSSR count). The first kappa shape index (κ1) is 56.7. The molecule has 100 heavy (non-hydrogen) atoms. The fourth-order valence-electron chi connectivity index (χ4n) is 15.6. The number of benzene rings is 14. The molecule has 9 nitrogen and oxygen atoms in total. The molecule has 0 N–H and O–H groups in total. The molecule has 20 aromatic rings. The third-order valence-corrected chi connectivity index (χ3v) is 19.9. The Labute approximate surface area is 574 Å². The van der Waals surface area contributed by atoms with Crippen LogP contribution in [0.1, 0.15) is 0 Å². The summed E-state index contributed by atoms with van der Waals surface area (Å²) in [5.74, 6) is 2.36. The molecule has 0 saturated heterocycles. The normalized spacial score (nSPS) is 11.8. The van der Waals surface area contributed by atoms with Crippen LogP contribution >= 0.6 is 0 Å². The zero-order chi connectivity index (χ0) is 65.8. The number of para-hydroxylation sites is 9. The lowest BCUT2D eigenvalue weighted by Crippen LogP contribution is -2.08. The van der Waals surface area contributed by atoms with Crippen LogP contribution in [0.25, 0.3) is 189 Å². The minimum atomic E-state index is 0.557. The summed E-state index contributed by atoms with van der Waals surface area (Å²) in [4.78, 5) is 27.4. The summed E-state index contributed by atoms with van der Waals surface area (Å²) in [7, 11) is 0. The van der Waals surface area contributed by atoms with Gasteiger partial charge in [0.25, 0.3) is 0 Å². The maximum absolute atomic E-state index is 5.69. The Hall–Kier alpha value is -13.6. The number of fused-ring (bicyclic) bond motifs is 12. The molecule has 0 aliphatic rings. The second-order valence-electron chi connectivity index (χ2n) is 25.4. The number of hydrogen-bond acceptors (Lipinski definition) is 5. The summed E-state index contributed by atoms with van der Waals surface area (Å²) in [5.41, 5.74) is 21.7. The smallest absolute Gasteiger partial charge is 0.166 e. The molecule has 466 valence electrons. The highest BCUT2D eigenvalue weighted by atomic mass is 15.1. The van der Waals surface area contributed by atoms with Gasteiger partial charge in [-0.15, -0.1) is 0 Å². The molecule has 0 aliphatic carbocycles. The number of hydrogen-bond donors (Lipinski definition) is 0. The van der Waals surface area contributed by atoms with Crippen LogP contribution in [0.3, 0.4) is 0 Å². The SMILES string of the molecule is c1ccc(-c2nc(-c3ccccc3-c3cccc4c3c3ccccc3n4-c3cccc(-c4nc(-c5ccccc5)nc(-c5ccccc5)n4)c3-n3c4ccccc4c4ccccc43)cc(-c3cccc(-n4c5ccccc5c5ccccc54)c3-n3c4ccccc4c4ccccc43)n2)cc1. The summed E-state index contributed by atoms with van der Waals surface area (Å²) in [6.45, 7) is 0. The fourth-order valence-corrected chi connectivity index (χ4v) is 15.6. The van der Waals surface area contributed by atoms with Gasteiger partial charge in [-0.25, -0.2) is 24.9 Å². The van der Waals surface area contributed by atoms with Crippen molar-refractivity contribution in [3.8, 4) is 102 Å². The Morgan fingerprint density at radius 3 is 0.930 bits per heavy atom. The zero-order valence-electron chi connectivity index (χ0n) is 53.9. The quantitative estimate of drug-likeness (QED) is 0.129. The average molecular weight is 1280 g/mol. The summed E-state index contributed by atoms with van der Waals surface area (Å²) in [6, 6.07) is 123. The van der Waals surface area contributed by atoms with Crippen LogP contribution in [0, 0.1) is 0 Å². The highest BCUT2D eigenvalue weighted by molar-refractivity contribution is 6.18. The van der Waals surface area contributed by atoms with Crippen molar-refractivity contribution in [2.24, 2.45) is 0 Å². The Balaban J connectivity index is 0.840. The molecule has 0 unspecified atom stereocenters. The van der Waals surface area contributed by atoms with Crippen LogP contribution in [-0.4, -0.2) is 43.2 Å². The van der Waals surface area contributed by atoms with Gasteiger partial charge in [0.05, 0.1) is 78.3 Å². The molecule has 0 spiro atoms. The monoisotopic (exact) mass is 1280 g/mol. The predicted molar refractivity (Wildman–Crippen MR) is 411 cm³/mol. The number of rotatable bonds is 11. The number of aromatic nitrogens is 9. The second-order valence-corrected chi connectivity index (χ2v) is 25.4. The minimum absolute atomic E-state index is 0.557. The van der Waals surface area contributed by atoms with Gasteiger partial charge >= 0.3 is 0 Å². The van der Waals surface area contributed by atoms with Crippen LogP contribution in [-0.2, 0) is 0 Å². The topological polar surface area (TPSA) is 84.2 Å². The molecular formula is C91H57N9. The molecule has 9 heteroatoms. The Morgan fingerprint density at radius 2 is 0.470 bits per heavy atom. The lowest BCUT2D eigenvalue weighted by atomic mass is 9.93. The third-order valence-electron chi connectivity index (χ3n) is 19.9. The van der Waals surface area contributed by atoms with Gasteiger partial charge in [0, 0.05) is 76.5 Å². The van der Waals surface area contributed by atoms with E-state index in [1.165, 1.54) is 21.5 Å². The van der Waals surface area contributed by atoms with Gasteiger partial charge in [-0.1, -0.05) is 273 Å². The van der Waals surface area contributed by atoms with Crippen LogP contribution in [0.2, 0.25) is 0 Å². The molecule has 0 fully saturated rings. The lowest BCUT2D eigenvalue weighted by Gasteiger charge is -2.21. The van der Waals surface area contributed by atoms with Crippen molar-refractivity contribution >= 4 is 87.2 Å². The largest absolute Gasteiger partial charge is 0.307 e. The van der Waals surface area contributed by atoms with E-state index in [0.717, 1.165) is 144 Å². The maximum Gasteiger partial charge on any atom is 0.166 e. The van der Waals surface area contributed by atoms with Crippen LogP contribution in [0.15, 0.2) is 346 Å². The first-order valence-corrected chi connectivity index (χ1v) is 33.8. The maximum atomic E-state index is 5.69. The van der Waals surface area contributed by atoms with Crippen molar-refractivity contribution in [2.45, 2.75) is 0 Å². The van der Waals surface area contributed by atoms with E-state index in [1.54, 1.807) is 0 Å². The average Bonchev–Trinajstić information content (AvgIpc) is 1.56. The van der Waals surface area contributed by atoms with Gasteiger partial charge in [-0.3, -0.25) is 0 Å². The van der Waals surface area contributed by atoms with E-state index in [0.29, 0.717) is 23.3 Å². The Morgan fingerprint density at radius 1 is 0.180 bits per heavy atom. The molecule has 0 atom stereocenters. The molecule has 0 radical (unpaired) electrons. The molecule has 0 amide bonds. The van der Waals surface area contributed by atoms with E-state index < -0.39 is 0 Å². The molecular weight excluding hydrogens is 1220 g/mol. The van der Waals surface area contributed by atoms with E-state index in [2.05, 4.69) is 328 Å². The standard InChI is InChI=1S/C91H57N9/c1-4-29-58(30-5-1)88-92-73(57-74(93-88)70-45-27-55-83(97-75-47-19-12-37-63(75)64-38-13-20-48-76(64)97)86(70)99-77-49-21-14-39-65(77)66-40-15-22-50-78(66)99)62-36-11-10-35-61(62)69-44-26-54-82-85(69)71-43-18-25-53-81(71)98(82)84-56-28-46-72(87(84)100-79-51-23-16-41-67(79)68-42-17-24-52-80(68)100)91-95-89(59-31-6-2-7-32-59)94-90(96-91)60-33-8-3-9-34-60/h1-57H. The summed E-state index contributed by atoms with van der Waals surface area (Å²) < 4.78 is 9.78. The van der Waals surface area contributed by atoms with Crippen molar-refractivity contribution in [1.82, 2.24) is 43.2 Å². The Kier molecular flexibility index (Phi) is 13.1. The van der Waals surface area contributed by atoms with Crippen molar-refractivity contribution in [3.05, 3.63) is 346 Å². The molecule has 14 aromatic carbocycles. The summed E-state index contributed by atoms with van der Waals surface area (Å²) in [6.07, 6.45) is 0. The van der Waals surface area contributed by atoms with Crippen molar-refractivity contribution < 1.29 is 0 Å². The summed E-state index contributed by atoms with van der Waals surface area (Å²) in [5, 5.41) is 9.22. The van der Waals surface area contributed by atoms with Gasteiger partial charge in [0.1, 0.15) is 0 Å². The molecule has 6 heterocycles. The van der Waals surface area contributed by atoms with Crippen LogP contribution in [0.4, 0.5) is 0 Å². The molecule has 6 aromatic heterocycles. The first-order valence-electron chi connectivity index (χ1n) is 33.8. The predicted octanol–water partition coefficient (Wildman–Crippen LogP) is 22.7. The van der Waals surface area contributed by atoms with Crippen LogP contribution < -0.4 is 0 Å². The Bertz CT molecular complexity index is 6440. The van der Waals surface area contributed by atoms with E-state index >= 15 is 0 Å². The number of nitrogens with zero attached hydrogens (tertiary/aromatic N) is 9. The zero-order valence-corrected chi connectivity index (χ0v) is 53.9. The van der Waals surface area contributed by atoms with Gasteiger partial charge in [-0.2, -0.15) is 0 Å². The van der Waals surface area contributed by atoms with Crippen molar-refractivity contribution in [3.63, 3.8) is 0 Å². The van der Waals surface area contributed by atoms with Crippen molar-refractivity contribution in [1.29, 1.82) is 0 Å². The van der Waals surface area contributed by atoms with E-state index in [9.17, 15) is 0 Å². The van der Waals surface area contributed by atoms with E-state index in [-0.39, 0.29) is 0 Å². The van der Waals surface area contributed by atoms with Crippen molar-refractivity contribution in [2.75, 3.05) is 0 Å². The highest BCUT2D eigenvalue weighted by Crippen LogP contribution is 2.48. The van der Waals surface area contributed by atoms with Gasteiger partial charge in [0.15, 0.2) is 23.3 Å². The van der Waals surface area contributed by atoms with E-state index in [1.807, 2.05) is 36.4 Å². The van der Waals surface area contributed by atoms with Gasteiger partial charge in [-0.05, 0) is 83.9 Å².